The van der Waals surface area contributed by atoms with Crippen molar-refractivity contribution in [1.29, 1.82) is 0 Å². The Balaban J connectivity index is 4.35. The minimum atomic E-state index is -0.814. The molecule has 0 saturated heterocycles. The van der Waals surface area contributed by atoms with Gasteiger partial charge in [-0.25, -0.2) is 0 Å². The third kappa shape index (κ3) is 61.6. The Morgan fingerprint density at radius 2 is 0.500 bits per heavy atom. The highest BCUT2D eigenvalue weighted by Crippen LogP contribution is 2.13. The monoisotopic (exact) mass is 1070 g/mol. The quantitative estimate of drug-likeness (QED) is 0.0261. The second kappa shape index (κ2) is 64.3. The lowest BCUT2D eigenvalue weighted by Crippen LogP contribution is -2.30. The molecular weight excluding hydrogens is 961 g/mol. The highest BCUT2D eigenvalue weighted by molar-refractivity contribution is 5.71. The molecule has 0 aliphatic heterocycles. The van der Waals surface area contributed by atoms with Crippen LogP contribution in [0.2, 0.25) is 0 Å². The van der Waals surface area contributed by atoms with Crippen LogP contribution >= 0.6 is 0 Å². The van der Waals surface area contributed by atoms with E-state index < -0.39 is 6.10 Å². The van der Waals surface area contributed by atoms with Crippen molar-refractivity contribution >= 4 is 17.9 Å². The van der Waals surface area contributed by atoms with Crippen molar-refractivity contribution in [2.75, 3.05) is 13.2 Å². The van der Waals surface area contributed by atoms with Crippen LogP contribution in [0.4, 0.5) is 0 Å². The highest BCUT2D eigenvalue weighted by atomic mass is 16.6. The van der Waals surface area contributed by atoms with Gasteiger partial charge in [0.2, 0.25) is 0 Å². The Bertz CT molecular complexity index is 1810. The van der Waals surface area contributed by atoms with Gasteiger partial charge >= 0.3 is 17.9 Å². The predicted molar refractivity (Wildman–Crippen MR) is 338 cm³/mol. The molecule has 0 spiro atoms. The van der Waals surface area contributed by atoms with E-state index in [1.807, 2.05) is 0 Å². The van der Waals surface area contributed by atoms with Gasteiger partial charge in [-0.15, -0.1) is 0 Å². The Kier molecular flexibility index (Phi) is 60.0. The molecule has 0 aromatic heterocycles. The smallest absolute Gasteiger partial charge is 0.306 e. The molecule has 0 saturated carbocycles. The number of unbranched alkanes of at least 4 members (excludes halogenated alkanes) is 15. The van der Waals surface area contributed by atoms with E-state index in [1.54, 1.807) is 0 Å². The Morgan fingerprint density at radius 3 is 0.795 bits per heavy atom. The van der Waals surface area contributed by atoms with E-state index in [4.69, 9.17) is 14.2 Å². The van der Waals surface area contributed by atoms with Gasteiger partial charge in [-0.3, -0.25) is 14.4 Å². The summed E-state index contributed by atoms with van der Waals surface area (Å²) < 4.78 is 16.8. The SMILES string of the molecule is CC/C=C\C/C=C\C/C=C\C/C=C\C/C=C\C/C=C\C/C=C\C/C=C\C/C=C\CCCCCCCC(=O)OCC(COC(=O)CCCCC/C=C\C/C=C\C/C=C\CC)OC(=O)CCCCCCC/C=C\C/C=C\CCCC. The number of rotatable bonds is 54. The number of ether oxygens (including phenoxy) is 3. The van der Waals surface area contributed by atoms with Crippen molar-refractivity contribution < 1.29 is 28.6 Å². The number of hydrogen-bond acceptors (Lipinski definition) is 6. The maximum absolute atomic E-state index is 12.8. The molecule has 436 valence electrons. The first-order valence-electron chi connectivity index (χ1n) is 31.1. The van der Waals surface area contributed by atoms with E-state index in [0.717, 1.165) is 186 Å². The second-order valence-corrected chi connectivity index (χ2v) is 19.8. The van der Waals surface area contributed by atoms with Crippen LogP contribution in [0.15, 0.2) is 170 Å². The van der Waals surface area contributed by atoms with E-state index >= 15 is 0 Å². The van der Waals surface area contributed by atoms with E-state index in [-0.39, 0.29) is 31.1 Å². The molecule has 0 rings (SSSR count). The molecule has 1 atom stereocenters. The average Bonchev–Trinajstić information content (AvgIpc) is 3.44. The summed E-state index contributed by atoms with van der Waals surface area (Å²) >= 11 is 0. The molecule has 0 aromatic carbocycles. The van der Waals surface area contributed by atoms with Crippen molar-refractivity contribution in [3.8, 4) is 0 Å². The largest absolute Gasteiger partial charge is 0.462 e. The van der Waals surface area contributed by atoms with Gasteiger partial charge in [0, 0.05) is 19.3 Å². The van der Waals surface area contributed by atoms with Gasteiger partial charge in [0.05, 0.1) is 0 Å². The van der Waals surface area contributed by atoms with Crippen LogP contribution in [0.1, 0.15) is 245 Å². The lowest BCUT2D eigenvalue weighted by molar-refractivity contribution is -0.167. The zero-order valence-corrected chi connectivity index (χ0v) is 49.9. The van der Waals surface area contributed by atoms with Crippen LogP contribution in [-0.4, -0.2) is 37.2 Å². The van der Waals surface area contributed by atoms with Gasteiger partial charge in [0.25, 0.3) is 0 Å². The third-order valence-corrected chi connectivity index (χ3v) is 12.4. The van der Waals surface area contributed by atoms with Gasteiger partial charge in [-0.05, 0) is 148 Å². The molecule has 0 bridgehead atoms. The molecular formula is C72H112O6. The molecule has 0 N–H and O–H groups in total. The van der Waals surface area contributed by atoms with Crippen LogP contribution in [0, 0.1) is 0 Å². The van der Waals surface area contributed by atoms with Gasteiger partial charge in [-0.2, -0.15) is 0 Å². The first-order chi connectivity index (χ1) is 38.5. The summed E-state index contributed by atoms with van der Waals surface area (Å²) in [6.07, 6.45) is 95.0. The summed E-state index contributed by atoms with van der Waals surface area (Å²) in [6.45, 7) is 6.30. The van der Waals surface area contributed by atoms with Gasteiger partial charge < -0.3 is 14.2 Å². The topological polar surface area (TPSA) is 78.9 Å². The molecule has 1 unspecified atom stereocenters. The summed E-state index contributed by atoms with van der Waals surface area (Å²) in [6, 6.07) is 0. The molecule has 0 fully saturated rings. The number of carbonyl (C=O) groups excluding carboxylic acids is 3. The molecule has 0 radical (unpaired) electrons. The maximum Gasteiger partial charge on any atom is 0.306 e. The minimum absolute atomic E-state index is 0.111. The van der Waals surface area contributed by atoms with Crippen molar-refractivity contribution in [2.24, 2.45) is 0 Å². The number of carbonyl (C=O) groups is 3. The lowest BCUT2D eigenvalue weighted by atomic mass is 10.1. The zero-order chi connectivity index (χ0) is 56.4. The Hall–Kier alpha value is -5.23. The first-order valence-corrected chi connectivity index (χ1v) is 31.1. The Morgan fingerprint density at radius 1 is 0.269 bits per heavy atom. The van der Waals surface area contributed by atoms with Crippen molar-refractivity contribution in [2.45, 2.75) is 252 Å². The predicted octanol–water partition coefficient (Wildman–Crippen LogP) is 21.5. The molecule has 0 aliphatic carbocycles. The summed E-state index contributed by atoms with van der Waals surface area (Å²) in [5.74, 6) is -0.980. The van der Waals surface area contributed by atoms with E-state index in [9.17, 15) is 14.4 Å². The first kappa shape index (κ1) is 72.8. The van der Waals surface area contributed by atoms with Gasteiger partial charge in [0.15, 0.2) is 6.10 Å². The minimum Gasteiger partial charge on any atom is -0.462 e. The average molecular weight is 1070 g/mol. The summed E-state index contributed by atoms with van der Waals surface area (Å²) in [5, 5.41) is 0. The fraction of sp³-hybridized carbons (Fsp3) is 0.569. The zero-order valence-electron chi connectivity index (χ0n) is 49.9. The van der Waals surface area contributed by atoms with E-state index in [1.165, 1.54) is 19.3 Å². The number of hydrogen-bond donors (Lipinski definition) is 0. The summed E-state index contributed by atoms with van der Waals surface area (Å²) in [7, 11) is 0. The Labute approximate surface area is 479 Å². The van der Waals surface area contributed by atoms with E-state index in [2.05, 4.69) is 191 Å². The maximum atomic E-state index is 12.8. The molecule has 6 heteroatoms. The molecule has 6 nitrogen and oxygen atoms in total. The molecule has 0 amide bonds. The number of esters is 3. The van der Waals surface area contributed by atoms with Crippen LogP contribution in [-0.2, 0) is 28.6 Å². The van der Waals surface area contributed by atoms with Crippen molar-refractivity contribution in [1.82, 2.24) is 0 Å². The molecule has 0 aromatic rings. The normalized spacial score (nSPS) is 13.3. The van der Waals surface area contributed by atoms with Gasteiger partial charge in [0.1, 0.15) is 13.2 Å². The van der Waals surface area contributed by atoms with Crippen molar-refractivity contribution in [3.05, 3.63) is 170 Å². The fourth-order valence-corrected chi connectivity index (χ4v) is 7.82. The highest BCUT2D eigenvalue weighted by Gasteiger charge is 2.19. The second-order valence-electron chi connectivity index (χ2n) is 19.8. The summed E-state index contributed by atoms with van der Waals surface area (Å²) in [4.78, 5) is 38.2. The van der Waals surface area contributed by atoms with Crippen LogP contribution in [0.25, 0.3) is 0 Å². The van der Waals surface area contributed by atoms with E-state index in [0.29, 0.717) is 19.3 Å². The standard InChI is InChI=1S/C72H112O6/c1-4-7-10-13-16-19-22-25-27-28-29-30-31-32-33-34-35-36-37-38-39-40-41-42-43-44-45-48-50-53-56-59-62-65-71(74)77-68-69(67-76-70(73)64-61-58-55-52-49-46-24-21-18-15-12-9-6-3)78-72(75)66-63-60-57-54-51-47-26-23-20-17-14-11-8-5-2/h7,9-10,12,14,16-19,21,23,25-27,29-30,32-33,35-36,38-39,41-42,44-46,49,69H,4-6,8,11,13,15,20,22,24,28,31,34,37,40,43,47-48,50-68H2,1-3H3/b10-7-,12-9-,17-14-,19-16-,21-18-,26-23-,27-25-,30-29-,33-32-,36-35-,39-38-,42-41-,45-44-,49-46-. The summed E-state index contributed by atoms with van der Waals surface area (Å²) in [5.41, 5.74) is 0. The van der Waals surface area contributed by atoms with Crippen LogP contribution in [0.3, 0.4) is 0 Å². The number of allylic oxidation sites excluding steroid dienone is 28. The molecule has 78 heavy (non-hydrogen) atoms. The third-order valence-electron chi connectivity index (χ3n) is 12.4. The fourth-order valence-electron chi connectivity index (χ4n) is 7.82. The van der Waals surface area contributed by atoms with Crippen LogP contribution in [0.5, 0.6) is 0 Å². The van der Waals surface area contributed by atoms with Crippen molar-refractivity contribution in [3.63, 3.8) is 0 Å². The lowest BCUT2D eigenvalue weighted by Gasteiger charge is -2.18. The molecule has 0 heterocycles. The van der Waals surface area contributed by atoms with Gasteiger partial charge in [-0.1, -0.05) is 249 Å². The molecule has 0 aliphatic rings. The van der Waals surface area contributed by atoms with Crippen LogP contribution < -0.4 is 0 Å².